The average molecular weight is 503 g/mol. The standard InChI is InChI=1S/C19H23ClN4O2.HI/c1-21-19(24-13-14-7-9-15(26-2)10-8-14)23-12-11-22-18(25)16-5-3-4-6-17(16)20;/h3-10H,11-13H2,1-2H3,(H,22,25)(H2,21,23,24);1H. The Bertz CT molecular complexity index is 754. The molecule has 0 aromatic heterocycles. The quantitative estimate of drug-likeness (QED) is 0.235. The molecule has 27 heavy (non-hydrogen) atoms. The van der Waals surface area contributed by atoms with Gasteiger partial charge in [0.15, 0.2) is 5.96 Å². The summed E-state index contributed by atoms with van der Waals surface area (Å²) in [5, 5.41) is 9.63. The zero-order chi connectivity index (χ0) is 18.8. The van der Waals surface area contributed by atoms with Gasteiger partial charge >= 0.3 is 0 Å². The number of carbonyl (C=O) groups is 1. The number of halogens is 2. The lowest BCUT2D eigenvalue weighted by Crippen LogP contribution is -2.41. The number of guanidine groups is 1. The molecule has 0 aliphatic rings. The van der Waals surface area contributed by atoms with Gasteiger partial charge in [0.2, 0.25) is 0 Å². The molecule has 1 amide bonds. The van der Waals surface area contributed by atoms with E-state index in [2.05, 4.69) is 20.9 Å². The minimum Gasteiger partial charge on any atom is -0.497 e. The Morgan fingerprint density at radius 1 is 1.04 bits per heavy atom. The van der Waals surface area contributed by atoms with Crippen LogP contribution >= 0.6 is 35.6 Å². The molecular weight excluding hydrogens is 479 g/mol. The highest BCUT2D eigenvalue weighted by Crippen LogP contribution is 2.14. The van der Waals surface area contributed by atoms with Crippen LogP contribution in [0.4, 0.5) is 0 Å². The molecular formula is C19H24ClIN4O2. The van der Waals surface area contributed by atoms with Crippen LogP contribution in [0.2, 0.25) is 5.02 Å². The number of ether oxygens (including phenoxy) is 1. The third-order valence-corrected chi connectivity index (χ3v) is 3.99. The molecule has 2 rings (SSSR count). The molecule has 0 atom stereocenters. The van der Waals surface area contributed by atoms with Crippen molar-refractivity contribution in [2.24, 2.45) is 4.99 Å². The first kappa shape index (κ1) is 23.0. The average Bonchev–Trinajstić information content (AvgIpc) is 2.68. The third kappa shape index (κ3) is 7.64. The molecule has 8 heteroatoms. The first-order chi connectivity index (χ1) is 12.6. The fraction of sp³-hybridized carbons (Fsp3) is 0.263. The molecule has 0 spiro atoms. The first-order valence-corrected chi connectivity index (χ1v) is 8.62. The van der Waals surface area contributed by atoms with Crippen LogP contribution in [0.1, 0.15) is 15.9 Å². The van der Waals surface area contributed by atoms with Crippen molar-refractivity contribution in [2.75, 3.05) is 27.2 Å². The maximum atomic E-state index is 12.1. The lowest BCUT2D eigenvalue weighted by Gasteiger charge is -2.13. The van der Waals surface area contributed by atoms with E-state index in [0.717, 1.165) is 11.3 Å². The molecule has 0 unspecified atom stereocenters. The van der Waals surface area contributed by atoms with Crippen LogP contribution in [0.25, 0.3) is 0 Å². The maximum Gasteiger partial charge on any atom is 0.252 e. The van der Waals surface area contributed by atoms with Gasteiger partial charge in [-0.3, -0.25) is 9.79 Å². The number of carbonyl (C=O) groups excluding carboxylic acids is 1. The van der Waals surface area contributed by atoms with Crippen molar-refractivity contribution >= 4 is 47.4 Å². The Labute approximate surface area is 181 Å². The summed E-state index contributed by atoms with van der Waals surface area (Å²) in [5.74, 6) is 1.29. The zero-order valence-electron chi connectivity index (χ0n) is 15.3. The lowest BCUT2D eigenvalue weighted by molar-refractivity contribution is 0.0954. The van der Waals surface area contributed by atoms with E-state index in [-0.39, 0.29) is 29.9 Å². The van der Waals surface area contributed by atoms with Crippen molar-refractivity contribution in [1.29, 1.82) is 0 Å². The summed E-state index contributed by atoms with van der Waals surface area (Å²) in [7, 11) is 3.34. The van der Waals surface area contributed by atoms with Crippen LogP contribution in [0.3, 0.4) is 0 Å². The Morgan fingerprint density at radius 3 is 2.33 bits per heavy atom. The van der Waals surface area contributed by atoms with Crippen LogP contribution < -0.4 is 20.7 Å². The minimum absolute atomic E-state index is 0. The normalized spacial score (nSPS) is 10.6. The van der Waals surface area contributed by atoms with Crippen LogP contribution in [-0.2, 0) is 6.54 Å². The highest BCUT2D eigenvalue weighted by atomic mass is 127. The maximum absolute atomic E-state index is 12.1. The van der Waals surface area contributed by atoms with Crippen molar-refractivity contribution in [2.45, 2.75) is 6.54 Å². The van der Waals surface area contributed by atoms with Crippen molar-refractivity contribution in [3.63, 3.8) is 0 Å². The monoisotopic (exact) mass is 502 g/mol. The number of aliphatic imine (C=N–C) groups is 1. The summed E-state index contributed by atoms with van der Waals surface area (Å²) in [6, 6.07) is 14.8. The van der Waals surface area contributed by atoms with E-state index >= 15 is 0 Å². The number of hydrogen-bond acceptors (Lipinski definition) is 3. The van der Waals surface area contributed by atoms with Crippen LogP contribution in [-0.4, -0.2) is 39.1 Å². The SMILES string of the molecule is CN=C(NCCNC(=O)c1ccccc1Cl)NCc1ccc(OC)cc1.I. The van der Waals surface area contributed by atoms with Gasteiger partial charge in [0.05, 0.1) is 17.7 Å². The summed E-state index contributed by atoms with van der Waals surface area (Å²) in [6.45, 7) is 1.63. The van der Waals surface area contributed by atoms with Gasteiger partial charge in [0, 0.05) is 26.7 Å². The molecule has 0 saturated heterocycles. The molecule has 2 aromatic rings. The summed E-state index contributed by atoms with van der Waals surface area (Å²) in [4.78, 5) is 16.2. The second-order valence-electron chi connectivity index (χ2n) is 5.44. The smallest absolute Gasteiger partial charge is 0.252 e. The molecule has 0 bridgehead atoms. The highest BCUT2D eigenvalue weighted by molar-refractivity contribution is 14.0. The van der Waals surface area contributed by atoms with E-state index < -0.39 is 0 Å². The predicted octanol–water partition coefficient (Wildman–Crippen LogP) is 3.06. The second kappa shape index (κ2) is 12.4. The predicted molar refractivity (Wildman–Crippen MR) is 120 cm³/mol. The number of nitrogens with one attached hydrogen (secondary N) is 3. The van der Waals surface area contributed by atoms with E-state index in [4.69, 9.17) is 16.3 Å². The number of nitrogens with zero attached hydrogens (tertiary/aromatic N) is 1. The third-order valence-electron chi connectivity index (χ3n) is 3.66. The number of hydrogen-bond donors (Lipinski definition) is 3. The lowest BCUT2D eigenvalue weighted by atomic mass is 10.2. The molecule has 0 heterocycles. The van der Waals surface area contributed by atoms with E-state index in [9.17, 15) is 4.79 Å². The summed E-state index contributed by atoms with van der Waals surface area (Å²) >= 11 is 6.01. The van der Waals surface area contributed by atoms with Crippen LogP contribution in [0.15, 0.2) is 53.5 Å². The Balaban J connectivity index is 0.00000364. The molecule has 0 radical (unpaired) electrons. The summed E-state index contributed by atoms with van der Waals surface area (Å²) in [5.41, 5.74) is 1.58. The molecule has 0 saturated carbocycles. The number of methoxy groups -OCH3 is 1. The van der Waals surface area contributed by atoms with E-state index in [1.54, 1.807) is 38.4 Å². The Hall–Kier alpha value is -2.00. The van der Waals surface area contributed by atoms with E-state index in [1.807, 2.05) is 24.3 Å². The van der Waals surface area contributed by atoms with Gasteiger partial charge in [-0.05, 0) is 29.8 Å². The van der Waals surface area contributed by atoms with Gasteiger partial charge in [-0.2, -0.15) is 0 Å². The van der Waals surface area contributed by atoms with Crippen molar-refractivity contribution < 1.29 is 9.53 Å². The molecule has 0 aliphatic heterocycles. The fourth-order valence-corrected chi connectivity index (χ4v) is 2.47. The minimum atomic E-state index is -0.196. The van der Waals surface area contributed by atoms with Gasteiger partial charge in [0.1, 0.15) is 5.75 Å². The molecule has 3 N–H and O–H groups in total. The second-order valence-corrected chi connectivity index (χ2v) is 5.84. The van der Waals surface area contributed by atoms with Crippen molar-refractivity contribution in [1.82, 2.24) is 16.0 Å². The van der Waals surface area contributed by atoms with Crippen LogP contribution in [0.5, 0.6) is 5.75 Å². The Morgan fingerprint density at radius 2 is 1.70 bits per heavy atom. The van der Waals surface area contributed by atoms with Gasteiger partial charge in [-0.1, -0.05) is 35.9 Å². The van der Waals surface area contributed by atoms with Crippen molar-refractivity contribution in [3.05, 3.63) is 64.7 Å². The van der Waals surface area contributed by atoms with E-state index in [1.165, 1.54) is 0 Å². The van der Waals surface area contributed by atoms with Gasteiger partial charge in [-0.25, -0.2) is 0 Å². The van der Waals surface area contributed by atoms with Gasteiger partial charge in [-0.15, -0.1) is 24.0 Å². The molecule has 6 nitrogen and oxygen atoms in total. The number of amides is 1. The molecule has 2 aromatic carbocycles. The number of rotatable bonds is 7. The van der Waals surface area contributed by atoms with Gasteiger partial charge < -0.3 is 20.7 Å². The first-order valence-electron chi connectivity index (χ1n) is 8.24. The molecule has 0 aliphatic carbocycles. The molecule has 146 valence electrons. The number of benzene rings is 2. The zero-order valence-corrected chi connectivity index (χ0v) is 18.4. The molecule has 0 fully saturated rings. The van der Waals surface area contributed by atoms with Gasteiger partial charge in [0.25, 0.3) is 5.91 Å². The Kier molecular flexibility index (Phi) is 10.6. The van der Waals surface area contributed by atoms with Crippen molar-refractivity contribution in [3.8, 4) is 5.75 Å². The summed E-state index contributed by atoms with van der Waals surface area (Å²) < 4.78 is 5.14. The fourth-order valence-electron chi connectivity index (χ4n) is 2.25. The summed E-state index contributed by atoms with van der Waals surface area (Å²) in [6.07, 6.45) is 0. The highest BCUT2D eigenvalue weighted by Gasteiger charge is 2.08. The topological polar surface area (TPSA) is 74.8 Å². The van der Waals surface area contributed by atoms with Crippen LogP contribution in [0, 0.1) is 0 Å². The largest absolute Gasteiger partial charge is 0.497 e. The van der Waals surface area contributed by atoms with E-state index in [0.29, 0.717) is 36.2 Å².